The third kappa shape index (κ3) is 10.9. The first kappa shape index (κ1) is 44.8. The van der Waals surface area contributed by atoms with Crippen LogP contribution in [-0.4, -0.2) is 9.97 Å². The summed E-state index contributed by atoms with van der Waals surface area (Å²) in [5.74, 6) is 3.10. The molecule has 0 bridgehead atoms. The first-order valence-electron chi connectivity index (χ1n) is 20.6. The summed E-state index contributed by atoms with van der Waals surface area (Å²) in [6.45, 7) is 24.6. The van der Waals surface area contributed by atoms with Crippen LogP contribution in [0.4, 0.5) is 11.6 Å². The molecule has 7 aromatic rings. The van der Waals surface area contributed by atoms with E-state index in [1.807, 2.05) is 55.0 Å². The second-order valence-electron chi connectivity index (χ2n) is 17.3. The third-order valence-electron chi connectivity index (χ3n) is 10.5. The van der Waals surface area contributed by atoms with Gasteiger partial charge >= 0.3 is 19.5 Å². The Bertz CT molecular complexity index is 2580. The summed E-state index contributed by atoms with van der Waals surface area (Å²) in [7, 11) is 0. The van der Waals surface area contributed by atoms with E-state index in [1.54, 1.807) is 6.20 Å². The van der Waals surface area contributed by atoms with Gasteiger partial charge in [0.2, 0.25) is 0 Å². The van der Waals surface area contributed by atoms with Gasteiger partial charge in [0.25, 0.3) is 0 Å². The van der Waals surface area contributed by atoms with Crippen LogP contribution in [-0.2, 0) is 24.9 Å². The van der Waals surface area contributed by atoms with Gasteiger partial charge in [-0.15, -0.1) is 0 Å². The molecule has 6 nitrogen and oxygen atoms in total. The van der Waals surface area contributed by atoms with Gasteiger partial charge in [-0.05, 0) is 103 Å². The SMILES string of the molecule is CC(C)(C)c1cc[n-]c(=Nc2nccc3ccccc23)c1.CC(C)c1cccc(C(C)C)c1-c1ccnc(N=c2cc(-c3c(C(C)C)cccc3C(C)C)cc[n-]2)c1.[Zn+2]. The molecular formula is C52H58N6Zn. The van der Waals surface area contributed by atoms with Crippen LogP contribution < -0.4 is 20.9 Å². The molecule has 0 radical (unpaired) electrons. The molecule has 59 heavy (non-hydrogen) atoms. The molecule has 0 aliphatic heterocycles. The Balaban J connectivity index is 0.000000254. The van der Waals surface area contributed by atoms with Crippen molar-refractivity contribution in [2.45, 2.75) is 105 Å². The van der Waals surface area contributed by atoms with Crippen molar-refractivity contribution in [3.63, 3.8) is 0 Å². The van der Waals surface area contributed by atoms with Crippen molar-refractivity contribution in [1.82, 2.24) is 19.9 Å². The predicted molar refractivity (Wildman–Crippen MR) is 242 cm³/mol. The molecule has 4 aromatic heterocycles. The summed E-state index contributed by atoms with van der Waals surface area (Å²) < 4.78 is 0. The summed E-state index contributed by atoms with van der Waals surface area (Å²) in [5.41, 5.74) is 13.0. The van der Waals surface area contributed by atoms with Crippen LogP contribution in [0.15, 0.2) is 138 Å². The molecule has 0 spiro atoms. The summed E-state index contributed by atoms with van der Waals surface area (Å²) >= 11 is 0. The zero-order chi connectivity index (χ0) is 41.6. The van der Waals surface area contributed by atoms with Crippen molar-refractivity contribution in [3.8, 4) is 22.3 Å². The van der Waals surface area contributed by atoms with Gasteiger partial charge in [0.1, 0.15) is 0 Å². The topological polar surface area (TPSA) is 78.7 Å². The fourth-order valence-electron chi connectivity index (χ4n) is 7.40. The molecule has 298 valence electrons. The fourth-order valence-corrected chi connectivity index (χ4v) is 7.40. The molecule has 7 rings (SSSR count). The van der Waals surface area contributed by atoms with Gasteiger partial charge in [-0.3, -0.25) is 9.97 Å². The second kappa shape index (κ2) is 19.7. The Morgan fingerprint density at radius 2 is 1.02 bits per heavy atom. The van der Waals surface area contributed by atoms with E-state index < -0.39 is 0 Å². The van der Waals surface area contributed by atoms with Crippen molar-refractivity contribution in [2.24, 2.45) is 9.98 Å². The second-order valence-corrected chi connectivity index (χ2v) is 17.3. The molecule has 0 aliphatic rings. The number of benzene rings is 3. The van der Waals surface area contributed by atoms with Crippen molar-refractivity contribution >= 4 is 22.4 Å². The molecule has 0 atom stereocenters. The molecule has 3 aromatic carbocycles. The molecule has 0 aliphatic carbocycles. The maximum Gasteiger partial charge on any atom is 2.00 e. The monoisotopic (exact) mass is 830 g/mol. The van der Waals surface area contributed by atoms with Gasteiger partial charge in [-0.2, -0.15) is 0 Å². The Labute approximate surface area is 364 Å². The average molecular weight is 832 g/mol. The Kier molecular flexibility index (Phi) is 14.9. The van der Waals surface area contributed by atoms with Gasteiger partial charge in [0.15, 0.2) is 0 Å². The molecule has 0 saturated heterocycles. The molecule has 0 amide bonds. The molecular weight excluding hydrogens is 774 g/mol. The number of aromatic nitrogens is 4. The van der Waals surface area contributed by atoms with Gasteiger partial charge < -0.3 is 20.0 Å². The average Bonchev–Trinajstić information content (AvgIpc) is 3.20. The summed E-state index contributed by atoms with van der Waals surface area (Å²) in [5, 5.41) is 2.18. The number of pyridine rings is 4. The van der Waals surface area contributed by atoms with Gasteiger partial charge in [0.05, 0.1) is 11.6 Å². The summed E-state index contributed by atoms with van der Waals surface area (Å²) in [6.07, 6.45) is 7.33. The van der Waals surface area contributed by atoms with Gasteiger partial charge in [-0.1, -0.05) is 184 Å². The maximum atomic E-state index is 4.89. The predicted octanol–water partition coefficient (Wildman–Crippen LogP) is 12.8. The minimum Gasteiger partial charge on any atom is -0.443 e. The van der Waals surface area contributed by atoms with Crippen LogP contribution in [0, 0.1) is 0 Å². The minimum atomic E-state index is 0. The van der Waals surface area contributed by atoms with E-state index in [2.05, 4.69) is 168 Å². The summed E-state index contributed by atoms with van der Waals surface area (Å²) in [4.78, 5) is 27.4. The van der Waals surface area contributed by atoms with Crippen LogP contribution in [0.1, 0.15) is 128 Å². The smallest absolute Gasteiger partial charge is 0.443 e. The standard InChI is InChI=1S/C34H40N3.C18H18N3.Zn/c1-21(2)27-11-9-12-28(22(3)4)33(27)25-15-17-35-31(19-25)37-32-20-26(16-18-36-32)34-29(23(5)6)13-10-14-30(34)24(7)8;1-18(2,3)14-9-11-19-16(12-14)21-17-15-7-5-4-6-13(15)8-10-20-17;/h9-24H,1-8H3;4-12H,1-3H3;/q2*-1;+2. The molecule has 7 heteroatoms. The van der Waals surface area contributed by atoms with E-state index in [0.29, 0.717) is 46.3 Å². The van der Waals surface area contributed by atoms with Crippen LogP contribution in [0.5, 0.6) is 0 Å². The van der Waals surface area contributed by atoms with Crippen molar-refractivity contribution in [3.05, 3.63) is 167 Å². The molecule has 0 unspecified atom stereocenters. The minimum absolute atomic E-state index is 0. The normalized spacial score (nSPS) is 12.3. The van der Waals surface area contributed by atoms with Crippen LogP contribution in [0.25, 0.3) is 33.0 Å². The van der Waals surface area contributed by atoms with E-state index in [0.717, 1.165) is 21.9 Å². The van der Waals surface area contributed by atoms with E-state index in [-0.39, 0.29) is 24.9 Å². The molecule has 0 fully saturated rings. The van der Waals surface area contributed by atoms with Crippen molar-refractivity contribution in [2.75, 3.05) is 0 Å². The zero-order valence-electron chi connectivity index (χ0n) is 36.8. The molecule has 4 heterocycles. The zero-order valence-corrected chi connectivity index (χ0v) is 39.8. The van der Waals surface area contributed by atoms with E-state index in [1.165, 1.54) is 38.9 Å². The Hall–Kier alpha value is -5.26. The van der Waals surface area contributed by atoms with Crippen LogP contribution in [0.2, 0.25) is 0 Å². The third-order valence-corrected chi connectivity index (χ3v) is 10.5. The first-order valence-corrected chi connectivity index (χ1v) is 20.6. The van der Waals surface area contributed by atoms with E-state index in [4.69, 9.17) is 4.99 Å². The Morgan fingerprint density at radius 1 is 0.508 bits per heavy atom. The van der Waals surface area contributed by atoms with Gasteiger partial charge in [-0.25, -0.2) is 0 Å². The largest absolute Gasteiger partial charge is 2.00 e. The summed E-state index contributed by atoms with van der Waals surface area (Å²) in [6, 6.07) is 35.9. The fraction of sp³-hybridized carbons (Fsp3) is 0.308. The first-order chi connectivity index (χ1) is 27.7. The van der Waals surface area contributed by atoms with Crippen LogP contribution >= 0.6 is 0 Å². The van der Waals surface area contributed by atoms with E-state index in [9.17, 15) is 0 Å². The van der Waals surface area contributed by atoms with Gasteiger partial charge in [0, 0.05) is 17.8 Å². The quantitative estimate of drug-likeness (QED) is 0.143. The number of hydrogen-bond donors (Lipinski definition) is 0. The van der Waals surface area contributed by atoms with Crippen molar-refractivity contribution < 1.29 is 19.5 Å². The van der Waals surface area contributed by atoms with Crippen LogP contribution in [0.3, 0.4) is 0 Å². The maximum absolute atomic E-state index is 4.89. The number of hydrogen-bond acceptors (Lipinski definition) is 4. The molecule has 0 saturated carbocycles. The van der Waals surface area contributed by atoms with Crippen molar-refractivity contribution in [1.29, 1.82) is 0 Å². The Morgan fingerprint density at radius 3 is 1.58 bits per heavy atom. The van der Waals surface area contributed by atoms with E-state index >= 15 is 0 Å². The number of fused-ring (bicyclic) bond motifs is 1. The number of nitrogens with zero attached hydrogens (tertiary/aromatic N) is 6. The molecule has 0 N–H and O–H groups in total. The number of rotatable bonds is 8.